The van der Waals surface area contributed by atoms with Crippen molar-refractivity contribution in [3.63, 3.8) is 0 Å². The first kappa shape index (κ1) is 12.6. The van der Waals surface area contributed by atoms with Gasteiger partial charge in [0.2, 0.25) is 0 Å². The van der Waals surface area contributed by atoms with Crippen LogP contribution in [0, 0.1) is 0 Å². The van der Waals surface area contributed by atoms with Crippen molar-refractivity contribution in [1.82, 2.24) is 4.90 Å². The molecule has 2 aromatic carbocycles. The molecule has 0 bridgehead atoms. The molecule has 2 heteroatoms. The molecule has 17 heavy (non-hydrogen) atoms. The first-order valence-corrected chi connectivity index (χ1v) is 5.63. The molecule has 0 heterocycles. The fourth-order valence-corrected chi connectivity index (χ4v) is 2.69. The second-order valence-electron chi connectivity index (χ2n) is 4.54. The zero-order chi connectivity index (χ0) is 11.1. The van der Waals surface area contributed by atoms with E-state index < -0.39 is 0 Å². The van der Waals surface area contributed by atoms with Crippen LogP contribution >= 0.6 is 0 Å². The molecular weight excluding hydrogens is 242 g/mol. The Kier molecular flexibility index (Phi) is 3.53. The predicted octanol–water partition coefficient (Wildman–Crippen LogP) is 3.32. The van der Waals surface area contributed by atoms with E-state index in [9.17, 15) is 0 Å². The van der Waals surface area contributed by atoms with Crippen LogP contribution < -0.4 is 0 Å². The van der Waals surface area contributed by atoms with Crippen molar-refractivity contribution < 1.29 is 21.7 Å². The summed E-state index contributed by atoms with van der Waals surface area (Å²) in [5.41, 5.74) is 5.62. The Labute approximate surface area is 117 Å². The Morgan fingerprint density at radius 3 is 1.59 bits per heavy atom. The van der Waals surface area contributed by atoms with Gasteiger partial charge in [-0.1, -0.05) is 48.5 Å². The molecule has 0 fully saturated rings. The van der Waals surface area contributed by atoms with Crippen LogP contribution in [0.5, 0.6) is 0 Å². The van der Waals surface area contributed by atoms with Crippen molar-refractivity contribution in [2.45, 2.75) is 6.04 Å². The molecule has 1 nitrogen and oxygen atoms in total. The summed E-state index contributed by atoms with van der Waals surface area (Å²) in [7, 11) is 4.28. The Hall–Kier alpha value is -0.886. The molecule has 0 aromatic heterocycles. The maximum atomic E-state index is 2.28. The second-order valence-corrected chi connectivity index (χ2v) is 4.54. The number of hydrogen-bond donors (Lipinski definition) is 0. The maximum absolute atomic E-state index is 2.28. The minimum absolute atomic E-state index is 0. The second kappa shape index (κ2) is 4.77. The number of benzene rings is 2. The average Bonchev–Trinajstić information content (AvgIpc) is 2.63. The molecule has 0 aliphatic heterocycles. The van der Waals surface area contributed by atoms with Gasteiger partial charge in [0.25, 0.3) is 0 Å². The van der Waals surface area contributed by atoms with E-state index in [1.165, 1.54) is 22.3 Å². The monoisotopic (exact) mass is 257 g/mol. The number of nitrogens with zero attached hydrogens (tertiary/aromatic N) is 1. The molecule has 84 valence electrons. The van der Waals surface area contributed by atoms with Crippen molar-refractivity contribution in [1.29, 1.82) is 0 Å². The van der Waals surface area contributed by atoms with E-state index >= 15 is 0 Å². The van der Waals surface area contributed by atoms with E-state index in [4.69, 9.17) is 0 Å². The predicted molar refractivity (Wildman–Crippen MR) is 67.4 cm³/mol. The van der Waals surface area contributed by atoms with Gasteiger partial charge in [-0.2, -0.15) is 0 Å². The SMILES string of the molecule is CN(C)C1c2ccccc2-c2ccccc21.[Ti]. The van der Waals surface area contributed by atoms with Crippen molar-refractivity contribution in [3.05, 3.63) is 59.7 Å². The zero-order valence-electron chi connectivity index (χ0n) is 10.1. The van der Waals surface area contributed by atoms with Crippen LogP contribution in [0.3, 0.4) is 0 Å². The van der Waals surface area contributed by atoms with Crippen LogP contribution in [0.25, 0.3) is 11.1 Å². The first-order chi connectivity index (χ1) is 7.79. The zero-order valence-corrected chi connectivity index (χ0v) is 11.7. The van der Waals surface area contributed by atoms with Crippen LogP contribution in [0.4, 0.5) is 0 Å². The molecule has 0 atom stereocenters. The minimum atomic E-state index is 0. The van der Waals surface area contributed by atoms with Gasteiger partial charge >= 0.3 is 0 Å². The first-order valence-electron chi connectivity index (χ1n) is 5.63. The van der Waals surface area contributed by atoms with Gasteiger partial charge in [-0.05, 0) is 36.3 Å². The Balaban J connectivity index is 0.00000108. The van der Waals surface area contributed by atoms with Crippen molar-refractivity contribution in [2.24, 2.45) is 0 Å². The molecule has 0 N–H and O–H groups in total. The Morgan fingerprint density at radius 1 is 0.765 bits per heavy atom. The van der Waals surface area contributed by atoms with Gasteiger partial charge in [-0.3, -0.25) is 4.90 Å². The van der Waals surface area contributed by atoms with Gasteiger partial charge in [0.15, 0.2) is 0 Å². The summed E-state index contributed by atoms with van der Waals surface area (Å²) in [5.74, 6) is 0. The van der Waals surface area contributed by atoms with E-state index in [2.05, 4.69) is 67.5 Å². The number of hydrogen-bond acceptors (Lipinski definition) is 1. The Morgan fingerprint density at radius 2 is 1.18 bits per heavy atom. The van der Waals surface area contributed by atoms with Crippen LogP contribution in [-0.2, 0) is 21.7 Å². The molecule has 0 saturated heterocycles. The molecular formula is C15H15NTi. The van der Waals surface area contributed by atoms with Crippen LogP contribution in [0.2, 0.25) is 0 Å². The molecule has 0 spiro atoms. The van der Waals surface area contributed by atoms with E-state index in [0.717, 1.165) is 0 Å². The molecule has 2 aromatic rings. The third-order valence-corrected chi connectivity index (χ3v) is 3.32. The van der Waals surface area contributed by atoms with E-state index in [1.807, 2.05) is 0 Å². The summed E-state index contributed by atoms with van der Waals surface area (Å²) >= 11 is 0. The van der Waals surface area contributed by atoms with E-state index in [1.54, 1.807) is 0 Å². The van der Waals surface area contributed by atoms with Gasteiger partial charge < -0.3 is 0 Å². The summed E-state index contributed by atoms with van der Waals surface area (Å²) in [6, 6.07) is 17.8. The van der Waals surface area contributed by atoms with Crippen LogP contribution in [-0.4, -0.2) is 19.0 Å². The number of fused-ring (bicyclic) bond motifs is 3. The van der Waals surface area contributed by atoms with Crippen LogP contribution in [0.15, 0.2) is 48.5 Å². The van der Waals surface area contributed by atoms with Gasteiger partial charge in [-0.25, -0.2) is 0 Å². The summed E-state index contributed by atoms with van der Waals surface area (Å²) < 4.78 is 0. The topological polar surface area (TPSA) is 3.24 Å². The summed E-state index contributed by atoms with van der Waals surface area (Å²) in [5, 5.41) is 0. The molecule has 0 saturated carbocycles. The van der Waals surface area contributed by atoms with Gasteiger partial charge in [0, 0.05) is 21.7 Å². The van der Waals surface area contributed by atoms with Gasteiger partial charge in [0.05, 0.1) is 6.04 Å². The standard InChI is InChI=1S/C15H15N.Ti/c1-16(2)15-13-9-5-3-7-11(13)12-8-4-6-10-14(12)15;/h3-10,15H,1-2H3;. The third-order valence-electron chi connectivity index (χ3n) is 3.32. The Bertz CT molecular complexity index is 488. The molecule has 3 rings (SSSR count). The fourth-order valence-electron chi connectivity index (χ4n) is 2.69. The number of rotatable bonds is 1. The van der Waals surface area contributed by atoms with Crippen molar-refractivity contribution in [3.8, 4) is 11.1 Å². The molecule has 1 aliphatic rings. The normalized spacial score (nSPS) is 13.1. The fraction of sp³-hybridized carbons (Fsp3) is 0.200. The largest absolute Gasteiger partial charge is 0.299 e. The third kappa shape index (κ3) is 1.89. The minimum Gasteiger partial charge on any atom is -0.299 e. The molecule has 0 radical (unpaired) electrons. The molecule has 1 aliphatic carbocycles. The van der Waals surface area contributed by atoms with Gasteiger partial charge in [-0.15, -0.1) is 0 Å². The smallest absolute Gasteiger partial charge is 0.0609 e. The summed E-state index contributed by atoms with van der Waals surface area (Å²) in [4.78, 5) is 2.28. The van der Waals surface area contributed by atoms with E-state index in [-0.39, 0.29) is 21.7 Å². The van der Waals surface area contributed by atoms with Crippen molar-refractivity contribution >= 4 is 0 Å². The maximum Gasteiger partial charge on any atom is 0.0609 e. The average molecular weight is 257 g/mol. The van der Waals surface area contributed by atoms with Gasteiger partial charge in [0.1, 0.15) is 0 Å². The molecule has 0 unspecified atom stereocenters. The van der Waals surface area contributed by atoms with Crippen LogP contribution in [0.1, 0.15) is 17.2 Å². The molecule has 0 amide bonds. The van der Waals surface area contributed by atoms with Crippen molar-refractivity contribution in [2.75, 3.05) is 14.1 Å². The summed E-state index contributed by atoms with van der Waals surface area (Å²) in [6.07, 6.45) is 0. The van der Waals surface area contributed by atoms with E-state index in [0.29, 0.717) is 6.04 Å². The summed E-state index contributed by atoms with van der Waals surface area (Å²) in [6.45, 7) is 0. The quantitative estimate of drug-likeness (QED) is 0.708.